The van der Waals surface area contributed by atoms with Crippen LogP contribution in [0.2, 0.25) is 5.02 Å². The van der Waals surface area contributed by atoms with E-state index in [1.165, 1.54) is 5.56 Å². The van der Waals surface area contributed by atoms with E-state index in [4.69, 9.17) is 16.6 Å². The Labute approximate surface area is 181 Å². The van der Waals surface area contributed by atoms with Crippen molar-refractivity contribution in [1.82, 2.24) is 15.3 Å². The Morgan fingerprint density at radius 2 is 2.03 bits per heavy atom. The number of pyridine rings is 2. The van der Waals surface area contributed by atoms with Crippen molar-refractivity contribution in [3.8, 4) is 11.3 Å². The van der Waals surface area contributed by atoms with Crippen LogP contribution in [0.4, 0.5) is 5.82 Å². The van der Waals surface area contributed by atoms with Gasteiger partial charge in [0.15, 0.2) is 0 Å². The minimum Gasteiger partial charge on any atom is -0.366 e. The summed E-state index contributed by atoms with van der Waals surface area (Å²) in [6.07, 6.45) is 3.93. The van der Waals surface area contributed by atoms with Crippen LogP contribution >= 0.6 is 11.6 Å². The number of Topliss-reactive ketones (excluding diaryl/α,β-unsaturated/α-hetero) is 1. The molecule has 30 heavy (non-hydrogen) atoms. The van der Waals surface area contributed by atoms with Crippen LogP contribution in [0.3, 0.4) is 0 Å². The standard InChI is InChI=1S/C24H25ClN4O/c25-21-16-27-19(13-23(30)18-8-5-11-26-15-18)12-20(21)22-9-4-10-24(29-22)28-14-17-6-2-1-3-7-17/h1-4,6-7,9-10,12,16,18,26H,5,8,11,13-15H2,(H,28,29)/t18-/m1/s1. The van der Waals surface area contributed by atoms with Crippen molar-refractivity contribution in [2.75, 3.05) is 18.4 Å². The van der Waals surface area contributed by atoms with Crippen molar-refractivity contribution in [3.05, 3.63) is 77.1 Å². The number of halogens is 1. The summed E-state index contributed by atoms with van der Waals surface area (Å²) >= 11 is 6.42. The molecule has 0 spiro atoms. The Hall–Kier alpha value is -2.76. The Bertz CT molecular complexity index is 1000. The Morgan fingerprint density at radius 3 is 2.83 bits per heavy atom. The molecule has 1 aliphatic rings. The zero-order valence-corrected chi connectivity index (χ0v) is 17.5. The summed E-state index contributed by atoms with van der Waals surface area (Å²) in [5, 5.41) is 7.17. The molecule has 6 heteroatoms. The number of nitrogens with one attached hydrogen (secondary N) is 2. The number of ketones is 1. The Morgan fingerprint density at radius 1 is 1.17 bits per heavy atom. The molecule has 3 heterocycles. The number of benzene rings is 1. The molecule has 3 aromatic rings. The van der Waals surface area contributed by atoms with Gasteiger partial charge in [0.25, 0.3) is 0 Å². The topological polar surface area (TPSA) is 66.9 Å². The number of aromatic nitrogens is 2. The minimum atomic E-state index is 0.0725. The number of anilines is 1. The zero-order chi connectivity index (χ0) is 20.8. The van der Waals surface area contributed by atoms with Crippen LogP contribution in [0.25, 0.3) is 11.3 Å². The van der Waals surface area contributed by atoms with Gasteiger partial charge in [-0.15, -0.1) is 0 Å². The third kappa shape index (κ3) is 5.23. The first-order valence-electron chi connectivity index (χ1n) is 10.3. The third-order valence-electron chi connectivity index (χ3n) is 5.36. The fourth-order valence-corrected chi connectivity index (χ4v) is 3.90. The van der Waals surface area contributed by atoms with Crippen molar-refractivity contribution in [3.63, 3.8) is 0 Å². The first kappa shape index (κ1) is 20.5. The van der Waals surface area contributed by atoms with E-state index in [-0.39, 0.29) is 11.7 Å². The van der Waals surface area contributed by atoms with E-state index in [0.717, 1.165) is 48.7 Å². The summed E-state index contributed by atoms with van der Waals surface area (Å²) in [6, 6.07) is 17.9. The molecule has 0 amide bonds. The smallest absolute Gasteiger partial charge is 0.143 e. The zero-order valence-electron chi connectivity index (χ0n) is 16.8. The summed E-state index contributed by atoms with van der Waals surface area (Å²) in [5.74, 6) is 1.08. The molecule has 1 aromatic carbocycles. The minimum absolute atomic E-state index is 0.0725. The highest BCUT2D eigenvalue weighted by atomic mass is 35.5. The molecule has 0 saturated carbocycles. The fraction of sp³-hybridized carbons (Fsp3) is 0.292. The van der Waals surface area contributed by atoms with Crippen LogP contribution < -0.4 is 10.6 Å². The van der Waals surface area contributed by atoms with Gasteiger partial charge < -0.3 is 10.6 Å². The van der Waals surface area contributed by atoms with Crippen LogP contribution in [-0.2, 0) is 17.8 Å². The van der Waals surface area contributed by atoms with E-state index in [9.17, 15) is 4.79 Å². The van der Waals surface area contributed by atoms with E-state index >= 15 is 0 Å². The van der Waals surface area contributed by atoms with E-state index < -0.39 is 0 Å². The Balaban J connectivity index is 1.49. The van der Waals surface area contributed by atoms with Gasteiger partial charge in [-0.1, -0.05) is 48.0 Å². The summed E-state index contributed by atoms with van der Waals surface area (Å²) < 4.78 is 0. The number of rotatable bonds is 7. The van der Waals surface area contributed by atoms with Crippen molar-refractivity contribution in [2.24, 2.45) is 5.92 Å². The molecule has 0 bridgehead atoms. The SMILES string of the molecule is O=C(Cc1cc(-c2cccc(NCc3ccccc3)n2)c(Cl)cn1)[C@@H]1CCCNC1. The molecule has 0 radical (unpaired) electrons. The van der Waals surface area contributed by atoms with Gasteiger partial charge in [0.1, 0.15) is 11.6 Å². The first-order valence-corrected chi connectivity index (χ1v) is 10.7. The average molecular weight is 421 g/mol. The largest absolute Gasteiger partial charge is 0.366 e. The number of hydrogen-bond acceptors (Lipinski definition) is 5. The molecular formula is C24H25ClN4O. The predicted molar refractivity (Wildman–Crippen MR) is 121 cm³/mol. The number of carbonyl (C=O) groups excluding carboxylic acids is 1. The quantitative estimate of drug-likeness (QED) is 0.588. The second-order valence-electron chi connectivity index (χ2n) is 7.59. The van der Waals surface area contributed by atoms with E-state index in [0.29, 0.717) is 18.0 Å². The van der Waals surface area contributed by atoms with Crippen LogP contribution in [0.1, 0.15) is 24.1 Å². The average Bonchev–Trinajstić information content (AvgIpc) is 2.80. The monoisotopic (exact) mass is 420 g/mol. The lowest BCUT2D eigenvalue weighted by molar-refractivity contribution is -0.122. The van der Waals surface area contributed by atoms with Crippen molar-refractivity contribution < 1.29 is 4.79 Å². The molecule has 1 saturated heterocycles. The summed E-state index contributed by atoms with van der Waals surface area (Å²) in [5.41, 5.74) is 3.46. The summed E-state index contributed by atoms with van der Waals surface area (Å²) in [4.78, 5) is 21.7. The molecular weight excluding hydrogens is 396 g/mol. The molecule has 2 aromatic heterocycles. The lowest BCUT2D eigenvalue weighted by Crippen LogP contribution is -2.35. The van der Waals surface area contributed by atoms with Crippen molar-refractivity contribution in [1.29, 1.82) is 0 Å². The van der Waals surface area contributed by atoms with Gasteiger partial charge in [0, 0.05) is 42.9 Å². The number of hydrogen-bond donors (Lipinski definition) is 2. The summed E-state index contributed by atoms with van der Waals surface area (Å²) in [7, 11) is 0. The van der Waals surface area contributed by atoms with E-state index in [1.54, 1.807) is 6.20 Å². The highest BCUT2D eigenvalue weighted by Crippen LogP contribution is 2.28. The third-order valence-corrected chi connectivity index (χ3v) is 5.66. The van der Waals surface area contributed by atoms with E-state index in [1.807, 2.05) is 42.5 Å². The number of carbonyl (C=O) groups is 1. The molecule has 1 fully saturated rings. The normalized spacial score (nSPS) is 16.2. The molecule has 0 aliphatic carbocycles. The Kier molecular flexibility index (Phi) is 6.72. The van der Waals surface area contributed by atoms with Crippen LogP contribution in [0.15, 0.2) is 60.8 Å². The lowest BCUT2D eigenvalue weighted by Gasteiger charge is -2.21. The van der Waals surface area contributed by atoms with Gasteiger partial charge in [-0.05, 0) is 43.1 Å². The maximum absolute atomic E-state index is 12.6. The molecule has 1 atom stereocenters. The van der Waals surface area contributed by atoms with Crippen LogP contribution in [0, 0.1) is 5.92 Å². The first-order chi connectivity index (χ1) is 14.7. The second-order valence-corrected chi connectivity index (χ2v) is 8.00. The van der Waals surface area contributed by atoms with Gasteiger partial charge in [0.05, 0.1) is 10.7 Å². The van der Waals surface area contributed by atoms with Gasteiger partial charge in [-0.2, -0.15) is 0 Å². The van der Waals surface area contributed by atoms with Gasteiger partial charge in [0.2, 0.25) is 0 Å². The van der Waals surface area contributed by atoms with Crippen molar-refractivity contribution >= 4 is 23.2 Å². The number of nitrogens with zero attached hydrogens (tertiary/aromatic N) is 2. The molecule has 154 valence electrons. The molecule has 2 N–H and O–H groups in total. The van der Waals surface area contributed by atoms with Gasteiger partial charge >= 0.3 is 0 Å². The highest BCUT2D eigenvalue weighted by Gasteiger charge is 2.21. The highest BCUT2D eigenvalue weighted by molar-refractivity contribution is 6.33. The summed E-state index contributed by atoms with van der Waals surface area (Å²) in [6.45, 7) is 2.44. The molecule has 4 rings (SSSR count). The predicted octanol–water partition coefficient (Wildman–Crippen LogP) is 4.52. The van der Waals surface area contributed by atoms with Gasteiger partial charge in [-0.25, -0.2) is 4.98 Å². The van der Waals surface area contributed by atoms with Crippen LogP contribution in [-0.4, -0.2) is 28.8 Å². The van der Waals surface area contributed by atoms with E-state index in [2.05, 4.69) is 27.8 Å². The molecule has 0 unspecified atom stereocenters. The second kappa shape index (κ2) is 9.83. The maximum atomic E-state index is 12.6. The fourth-order valence-electron chi connectivity index (χ4n) is 3.70. The molecule has 5 nitrogen and oxygen atoms in total. The van der Waals surface area contributed by atoms with Crippen LogP contribution in [0.5, 0.6) is 0 Å². The number of piperidine rings is 1. The molecule has 1 aliphatic heterocycles. The lowest BCUT2D eigenvalue weighted by atomic mass is 9.92. The van der Waals surface area contributed by atoms with Gasteiger partial charge in [-0.3, -0.25) is 9.78 Å². The van der Waals surface area contributed by atoms with Crippen molar-refractivity contribution in [2.45, 2.75) is 25.8 Å². The maximum Gasteiger partial charge on any atom is 0.143 e.